The SMILES string of the molecule is C=CCn1c(CC(=O)Nc2cccc(C)c2)nnc1SC(C)C(=O)Nc1ccc(C)cc1. The van der Waals surface area contributed by atoms with Crippen molar-refractivity contribution in [1.29, 1.82) is 0 Å². The fourth-order valence-corrected chi connectivity index (χ4v) is 3.89. The minimum absolute atomic E-state index is 0.0687. The predicted octanol–water partition coefficient (Wildman–Crippen LogP) is 4.38. The zero-order valence-electron chi connectivity index (χ0n) is 18.5. The van der Waals surface area contributed by atoms with E-state index in [2.05, 4.69) is 27.4 Å². The number of allylic oxidation sites excluding steroid dienone is 1. The lowest BCUT2D eigenvalue weighted by molar-refractivity contribution is -0.116. The molecule has 166 valence electrons. The van der Waals surface area contributed by atoms with Crippen molar-refractivity contribution in [3.05, 3.63) is 78.1 Å². The van der Waals surface area contributed by atoms with Crippen molar-refractivity contribution in [2.45, 2.75) is 44.1 Å². The van der Waals surface area contributed by atoms with Gasteiger partial charge < -0.3 is 15.2 Å². The van der Waals surface area contributed by atoms with E-state index in [1.807, 2.05) is 73.9 Å². The van der Waals surface area contributed by atoms with Gasteiger partial charge in [-0.05, 0) is 50.6 Å². The summed E-state index contributed by atoms with van der Waals surface area (Å²) in [6, 6.07) is 15.2. The first kappa shape index (κ1) is 23.3. The number of nitrogens with one attached hydrogen (secondary N) is 2. The molecule has 1 aromatic heterocycles. The van der Waals surface area contributed by atoms with Crippen molar-refractivity contribution in [3.8, 4) is 0 Å². The monoisotopic (exact) mass is 449 g/mol. The van der Waals surface area contributed by atoms with Crippen molar-refractivity contribution < 1.29 is 9.59 Å². The lowest BCUT2D eigenvalue weighted by atomic mass is 10.2. The summed E-state index contributed by atoms with van der Waals surface area (Å²) in [5.74, 6) is 0.199. The molecule has 0 spiro atoms. The number of thioether (sulfide) groups is 1. The van der Waals surface area contributed by atoms with Crippen LogP contribution in [0.1, 0.15) is 23.9 Å². The molecule has 0 aliphatic rings. The molecule has 2 amide bonds. The van der Waals surface area contributed by atoms with Crippen LogP contribution in [-0.2, 0) is 22.6 Å². The highest BCUT2D eigenvalue weighted by atomic mass is 32.2. The Morgan fingerprint density at radius 2 is 1.81 bits per heavy atom. The molecule has 1 heterocycles. The van der Waals surface area contributed by atoms with E-state index in [1.54, 1.807) is 6.08 Å². The van der Waals surface area contributed by atoms with Gasteiger partial charge in [0.05, 0.1) is 11.7 Å². The Bertz CT molecular complexity index is 1110. The first-order chi connectivity index (χ1) is 15.4. The van der Waals surface area contributed by atoms with Gasteiger partial charge in [0.1, 0.15) is 5.82 Å². The normalized spacial score (nSPS) is 11.6. The molecular weight excluding hydrogens is 422 g/mol. The molecule has 1 unspecified atom stereocenters. The Hall–Kier alpha value is -3.39. The highest BCUT2D eigenvalue weighted by Crippen LogP contribution is 2.24. The Balaban J connectivity index is 1.66. The number of hydrogen-bond donors (Lipinski definition) is 2. The van der Waals surface area contributed by atoms with Gasteiger partial charge in [-0.2, -0.15) is 0 Å². The summed E-state index contributed by atoms with van der Waals surface area (Å²) in [5.41, 5.74) is 3.67. The van der Waals surface area contributed by atoms with Crippen molar-refractivity contribution in [1.82, 2.24) is 14.8 Å². The molecule has 1 atom stereocenters. The molecule has 0 saturated carbocycles. The average molecular weight is 450 g/mol. The Labute approximate surface area is 192 Å². The van der Waals surface area contributed by atoms with Crippen molar-refractivity contribution >= 4 is 35.0 Å². The van der Waals surface area contributed by atoms with Gasteiger partial charge in [0.15, 0.2) is 5.16 Å². The minimum atomic E-state index is -0.405. The van der Waals surface area contributed by atoms with Crippen LogP contribution in [0.3, 0.4) is 0 Å². The second kappa shape index (κ2) is 10.8. The Kier molecular flexibility index (Phi) is 7.83. The summed E-state index contributed by atoms with van der Waals surface area (Å²) in [6.07, 6.45) is 1.78. The maximum atomic E-state index is 12.6. The van der Waals surface area contributed by atoms with Crippen LogP contribution in [-0.4, -0.2) is 31.8 Å². The van der Waals surface area contributed by atoms with Gasteiger partial charge in [-0.3, -0.25) is 9.59 Å². The maximum Gasteiger partial charge on any atom is 0.237 e. The second-order valence-electron chi connectivity index (χ2n) is 7.51. The van der Waals surface area contributed by atoms with E-state index in [-0.39, 0.29) is 18.2 Å². The van der Waals surface area contributed by atoms with Gasteiger partial charge in [-0.25, -0.2) is 0 Å². The third-order valence-electron chi connectivity index (χ3n) is 4.70. The fraction of sp³-hybridized carbons (Fsp3) is 0.250. The number of carbonyl (C=O) groups is 2. The lowest BCUT2D eigenvalue weighted by Gasteiger charge is -2.13. The standard InChI is InChI=1S/C24H27N5O2S/c1-5-13-29-21(15-22(30)25-20-8-6-7-17(3)14-20)27-28-24(29)32-18(4)23(31)26-19-11-9-16(2)10-12-19/h5-12,14,18H,1,13,15H2,2-4H3,(H,25,30)(H,26,31). The minimum Gasteiger partial charge on any atom is -0.326 e. The molecular formula is C24H27N5O2S. The maximum absolute atomic E-state index is 12.6. The number of aryl methyl sites for hydroxylation is 2. The van der Waals surface area contributed by atoms with Gasteiger partial charge >= 0.3 is 0 Å². The second-order valence-corrected chi connectivity index (χ2v) is 8.82. The van der Waals surface area contributed by atoms with E-state index in [0.29, 0.717) is 17.5 Å². The van der Waals surface area contributed by atoms with Crippen LogP contribution in [0.4, 0.5) is 11.4 Å². The molecule has 0 aliphatic heterocycles. The smallest absolute Gasteiger partial charge is 0.237 e. The number of anilines is 2. The van der Waals surface area contributed by atoms with Crippen LogP contribution < -0.4 is 10.6 Å². The van der Waals surface area contributed by atoms with E-state index in [9.17, 15) is 9.59 Å². The summed E-state index contributed by atoms with van der Waals surface area (Å²) in [4.78, 5) is 25.1. The highest BCUT2D eigenvalue weighted by Gasteiger charge is 2.21. The van der Waals surface area contributed by atoms with Crippen LogP contribution in [0, 0.1) is 13.8 Å². The van der Waals surface area contributed by atoms with Crippen molar-refractivity contribution in [2.24, 2.45) is 0 Å². The molecule has 0 fully saturated rings. The molecule has 0 bridgehead atoms. The number of nitrogens with zero attached hydrogens (tertiary/aromatic N) is 3. The lowest BCUT2D eigenvalue weighted by Crippen LogP contribution is -2.23. The molecule has 3 aromatic rings. The van der Waals surface area contributed by atoms with E-state index in [4.69, 9.17) is 0 Å². The van der Waals surface area contributed by atoms with Crippen molar-refractivity contribution in [3.63, 3.8) is 0 Å². The van der Waals surface area contributed by atoms with Crippen LogP contribution in [0.15, 0.2) is 66.3 Å². The molecule has 8 heteroatoms. The molecule has 7 nitrogen and oxygen atoms in total. The van der Waals surface area contributed by atoms with Gasteiger partial charge in [-0.15, -0.1) is 16.8 Å². The largest absolute Gasteiger partial charge is 0.326 e. The highest BCUT2D eigenvalue weighted by molar-refractivity contribution is 8.00. The summed E-state index contributed by atoms with van der Waals surface area (Å²) >= 11 is 1.29. The topological polar surface area (TPSA) is 88.9 Å². The van der Waals surface area contributed by atoms with Crippen LogP contribution in [0.25, 0.3) is 0 Å². The van der Waals surface area contributed by atoms with Crippen LogP contribution in [0.5, 0.6) is 0 Å². The first-order valence-electron chi connectivity index (χ1n) is 10.3. The quantitative estimate of drug-likeness (QED) is 0.374. The summed E-state index contributed by atoms with van der Waals surface area (Å²) in [6.45, 7) is 10.00. The van der Waals surface area contributed by atoms with E-state index in [0.717, 1.165) is 22.5 Å². The van der Waals surface area contributed by atoms with E-state index < -0.39 is 5.25 Å². The average Bonchev–Trinajstić information content (AvgIpc) is 3.11. The summed E-state index contributed by atoms with van der Waals surface area (Å²) < 4.78 is 1.81. The summed E-state index contributed by atoms with van der Waals surface area (Å²) in [7, 11) is 0. The van der Waals surface area contributed by atoms with Crippen LogP contribution in [0.2, 0.25) is 0 Å². The van der Waals surface area contributed by atoms with Crippen molar-refractivity contribution in [2.75, 3.05) is 10.6 Å². The number of hydrogen-bond acceptors (Lipinski definition) is 5. The molecule has 0 aliphatic carbocycles. The third-order valence-corrected chi connectivity index (χ3v) is 5.78. The molecule has 3 rings (SSSR count). The van der Waals surface area contributed by atoms with Gasteiger partial charge in [0.2, 0.25) is 11.8 Å². The molecule has 32 heavy (non-hydrogen) atoms. The zero-order valence-corrected chi connectivity index (χ0v) is 19.3. The van der Waals surface area contributed by atoms with Gasteiger partial charge in [0.25, 0.3) is 0 Å². The van der Waals surface area contributed by atoms with Crippen LogP contribution >= 0.6 is 11.8 Å². The molecule has 0 radical (unpaired) electrons. The first-order valence-corrected chi connectivity index (χ1v) is 11.2. The van der Waals surface area contributed by atoms with Gasteiger partial charge in [-0.1, -0.05) is 47.7 Å². The van der Waals surface area contributed by atoms with Gasteiger partial charge in [0, 0.05) is 17.9 Å². The summed E-state index contributed by atoms with van der Waals surface area (Å²) in [5, 5.41) is 14.4. The Morgan fingerprint density at radius 3 is 2.50 bits per heavy atom. The zero-order chi connectivity index (χ0) is 23.1. The molecule has 2 aromatic carbocycles. The number of rotatable bonds is 9. The predicted molar refractivity (Wildman–Crippen MR) is 129 cm³/mol. The molecule has 0 saturated heterocycles. The number of amides is 2. The number of benzene rings is 2. The Morgan fingerprint density at radius 1 is 1.06 bits per heavy atom. The number of aromatic nitrogens is 3. The number of carbonyl (C=O) groups excluding carboxylic acids is 2. The van der Waals surface area contributed by atoms with E-state index in [1.165, 1.54) is 11.8 Å². The molecule has 2 N–H and O–H groups in total. The fourth-order valence-electron chi connectivity index (χ4n) is 3.01. The van der Waals surface area contributed by atoms with E-state index >= 15 is 0 Å². The third kappa shape index (κ3) is 6.31.